The van der Waals surface area contributed by atoms with Gasteiger partial charge in [0.2, 0.25) is 0 Å². The smallest absolute Gasteiger partial charge is 0.157 e. The van der Waals surface area contributed by atoms with Gasteiger partial charge in [0, 0.05) is 17.0 Å². The topological polar surface area (TPSA) is 74.5 Å². The summed E-state index contributed by atoms with van der Waals surface area (Å²) in [6.07, 6.45) is 1.71. The van der Waals surface area contributed by atoms with Gasteiger partial charge >= 0.3 is 0 Å². The molecule has 120 valence electrons. The third-order valence-electron chi connectivity index (χ3n) is 4.13. The predicted octanol–water partition coefficient (Wildman–Crippen LogP) is 4.34. The van der Waals surface area contributed by atoms with Gasteiger partial charge in [-0.05, 0) is 44.0 Å². The SMILES string of the molecule is Cc1c(C#N)cccc1[C@@H](C)Nc1nnc(C)c2cnc(Cl)cc12. The average molecular weight is 338 g/mol. The van der Waals surface area contributed by atoms with Gasteiger partial charge in [-0.3, -0.25) is 0 Å². The number of hydrogen-bond acceptors (Lipinski definition) is 5. The van der Waals surface area contributed by atoms with Crippen molar-refractivity contribution in [1.29, 1.82) is 5.26 Å². The van der Waals surface area contributed by atoms with Crippen molar-refractivity contribution in [3.63, 3.8) is 0 Å². The van der Waals surface area contributed by atoms with Crippen LogP contribution in [0.25, 0.3) is 10.8 Å². The molecular weight excluding hydrogens is 322 g/mol. The number of hydrogen-bond donors (Lipinski definition) is 1. The molecule has 0 bridgehead atoms. The maximum absolute atomic E-state index is 9.20. The number of rotatable bonds is 3. The second-order valence-corrected chi connectivity index (χ2v) is 6.07. The molecule has 0 fully saturated rings. The minimum absolute atomic E-state index is 0.0366. The number of nitrogens with one attached hydrogen (secondary N) is 1. The van der Waals surface area contributed by atoms with Crippen LogP contribution in [0.1, 0.15) is 35.3 Å². The summed E-state index contributed by atoms with van der Waals surface area (Å²) in [4.78, 5) is 4.12. The molecule has 1 N–H and O–H groups in total. The van der Waals surface area contributed by atoms with Gasteiger partial charge in [0.1, 0.15) is 5.15 Å². The summed E-state index contributed by atoms with van der Waals surface area (Å²) in [7, 11) is 0. The van der Waals surface area contributed by atoms with Gasteiger partial charge in [0.25, 0.3) is 0 Å². The number of pyridine rings is 1. The van der Waals surface area contributed by atoms with Crippen molar-refractivity contribution in [2.45, 2.75) is 26.8 Å². The molecule has 0 aliphatic carbocycles. The fourth-order valence-corrected chi connectivity index (χ4v) is 2.94. The van der Waals surface area contributed by atoms with Crippen LogP contribution in [0.4, 0.5) is 5.82 Å². The van der Waals surface area contributed by atoms with E-state index < -0.39 is 0 Å². The quantitative estimate of drug-likeness (QED) is 0.719. The zero-order valence-corrected chi connectivity index (χ0v) is 14.4. The molecule has 0 unspecified atom stereocenters. The summed E-state index contributed by atoms with van der Waals surface area (Å²) in [5.74, 6) is 0.647. The first-order chi connectivity index (χ1) is 11.5. The monoisotopic (exact) mass is 337 g/mol. The molecule has 1 aromatic carbocycles. The van der Waals surface area contributed by atoms with Gasteiger partial charge in [0.15, 0.2) is 5.82 Å². The normalized spacial score (nSPS) is 12.0. The Morgan fingerprint density at radius 1 is 1.21 bits per heavy atom. The van der Waals surface area contributed by atoms with Crippen LogP contribution in [-0.4, -0.2) is 15.2 Å². The lowest BCUT2D eigenvalue weighted by Gasteiger charge is -2.19. The first-order valence-corrected chi connectivity index (χ1v) is 7.93. The Morgan fingerprint density at radius 3 is 2.75 bits per heavy atom. The summed E-state index contributed by atoms with van der Waals surface area (Å²) in [6.45, 7) is 5.87. The number of fused-ring (bicyclic) bond motifs is 1. The van der Waals surface area contributed by atoms with E-state index in [9.17, 15) is 5.26 Å². The second-order valence-electron chi connectivity index (χ2n) is 5.68. The van der Waals surface area contributed by atoms with E-state index in [4.69, 9.17) is 11.6 Å². The highest BCUT2D eigenvalue weighted by atomic mass is 35.5. The number of aromatic nitrogens is 3. The number of nitrogens with zero attached hydrogens (tertiary/aromatic N) is 4. The van der Waals surface area contributed by atoms with Gasteiger partial charge in [-0.25, -0.2) is 4.98 Å². The minimum atomic E-state index is -0.0366. The zero-order valence-electron chi connectivity index (χ0n) is 13.6. The number of anilines is 1. The summed E-state index contributed by atoms with van der Waals surface area (Å²) in [6, 6.07) is 9.68. The van der Waals surface area contributed by atoms with E-state index in [1.807, 2.05) is 39.0 Å². The predicted molar refractivity (Wildman–Crippen MR) is 95.0 cm³/mol. The van der Waals surface area contributed by atoms with Crippen LogP contribution in [0.15, 0.2) is 30.5 Å². The molecule has 3 rings (SSSR count). The Balaban J connectivity index is 2.03. The van der Waals surface area contributed by atoms with E-state index in [1.54, 1.807) is 12.3 Å². The molecule has 24 heavy (non-hydrogen) atoms. The maximum atomic E-state index is 9.20. The van der Waals surface area contributed by atoms with E-state index in [2.05, 4.69) is 26.6 Å². The third kappa shape index (κ3) is 2.89. The highest BCUT2D eigenvalue weighted by Crippen LogP contribution is 2.29. The van der Waals surface area contributed by atoms with Crippen molar-refractivity contribution in [3.8, 4) is 6.07 Å². The van der Waals surface area contributed by atoms with E-state index in [1.165, 1.54) is 0 Å². The van der Waals surface area contributed by atoms with Gasteiger partial charge in [-0.2, -0.15) is 10.4 Å². The molecule has 0 spiro atoms. The number of halogens is 1. The van der Waals surface area contributed by atoms with Crippen molar-refractivity contribution in [3.05, 3.63) is 58.0 Å². The Bertz CT molecular complexity index is 962. The molecule has 2 aromatic heterocycles. The maximum Gasteiger partial charge on any atom is 0.157 e. The molecule has 0 radical (unpaired) electrons. The summed E-state index contributed by atoms with van der Waals surface area (Å²) >= 11 is 6.04. The van der Waals surface area contributed by atoms with Crippen LogP contribution in [0, 0.1) is 25.2 Å². The molecule has 6 heteroatoms. The molecule has 0 aliphatic rings. The van der Waals surface area contributed by atoms with Crippen molar-refractivity contribution in [2.24, 2.45) is 0 Å². The standard InChI is InChI=1S/C18H16ClN5/c1-10-13(8-20)5-4-6-14(10)11(2)22-18-15-7-17(19)21-9-16(15)12(3)23-24-18/h4-7,9,11H,1-3H3,(H,22,24)/t11-/m1/s1. The molecular formula is C18H16ClN5. The zero-order chi connectivity index (χ0) is 17.3. The molecule has 2 heterocycles. The lowest BCUT2D eigenvalue weighted by molar-refractivity contribution is 0.852. The molecule has 1 atom stereocenters. The van der Waals surface area contributed by atoms with Crippen molar-refractivity contribution < 1.29 is 0 Å². The molecule has 0 saturated heterocycles. The van der Waals surface area contributed by atoms with Crippen LogP contribution in [-0.2, 0) is 0 Å². The van der Waals surface area contributed by atoms with Crippen LogP contribution < -0.4 is 5.32 Å². The van der Waals surface area contributed by atoms with Gasteiger partial charge < -0.3 is 5.32 Å². The van der Waals surface area contributed by atoms with E-state index in [-0.39, 0.29) is 6.04 Å². The Kier molecular flexibility index (Phi) is 4.32. The Hall–Kier alpha value is -2.71. The van der Waals surface area contributed by atoms with Crippen molar-refractivity contribution in [2.75, 3.05) is 5.32 Å². The van der Waals surface area contributed by atoms with Crippen molar-refractivity contribution >= 4 is 28.2 Å². The minimum Gasteiger partial charge on any atom is -0.362 e. The third-order valence-corrected chi connectivity index (χ3v) is 4.34. The molecule has 5 nitrogen and oxygen atoms in total. The number of nitriles is 1. The lowest BCUT2D eigenvalue weighted by Crippen LogP contribution is -2.11. The van der Waals surface area contributed by atoms with E-state index >= 15 is 0 Å². The second kappa shape index (κ2) is 6.42. The van der Waals surface area contributed by atoms with Gasteiger partial charge in [-0.15, -0.1) is 5.10 Å². The highest BCUT2D eigenvalue weighted by Gasteiger charge is 2.14. The Labute approximate surface area is 145 Å². The lowest BCUT2D eigenvalue weighted by atomic mass is 9.98. The first kappa shape index (κ1) is 16.2. The van der Waals surface area contributed by atoms with Crippen LogP contribution in [0.5, 0.6) is 0 Å². The van der Waals surface area contributed by atoms with Crippen molar-refractivity contribution in [1.82, 2.24) is 15.2 Å². The fourth-order valence-electron chi connectivity index (χ4n) is 2.78. The van der Waals surface area contributed by atoms with Crippen LogP contribution in [0.2, 0.25) is 5.15 Å². The summed E-state index contributed by atoms with van der Waals surface area (Å²) in [5, 5.41) is 23.2. The summed E-state index contributed by atoms with van der Waals surface area (Å²) < 4.78 is 0. The van der Waals surface area contributed by atoms with E-state index in [0.717, 1.165) is 27.6 Å². The largest absolute Gasteiger partial charge is 0.362 e. The molecule has 0 saturated carbocycles. The Morgan fingerprint density at radius 2 is 2.00 bits per heavy atom. The molecule has 0 aliphatic heterocycles. The van der Waals surface area contributed by atoms with Gasteiger partial charge in [-0.1, -0.05) is 23.7 Å². The molecule has 3 aromatic rings. The number of benzene rings is 1. The first-order valence-electron chi connectivity index (χ1n) is 7.56. The average Bonchev–Trinajstić information content (AvgIpc) is 2.57. The van der Waals surface area contributed by atoms with Crippen LogP contribution in [0.3, 0.4) is 0 Å². The summed E-state index contributed by atoms with van der Waals surface area (Å²) in [5.41, 5.74) is 3.48. The van der Waals surface area contributed by atoms with Gasteiger partial charge in [0.05, 0.1) is 23.4 Å². The highest BCUT2D eigenvalue weighted by molar-refractivity contribution is 6.30. The van der Waals surface area contributed by atoms with E-state index in [0.29, 0.717) is 16.5 Å². The van der Waals surface area contributed by atoms with Crippen LogP contribution >= 0.6 is 11.6 Å². The fraction of sp³-hybridized carbons (Fsp3) is 0.222. The molecule has 0 amide bonds. The number of aryl methyl sites for hydroxylation is 1.